The van der Waals surface area contributed by atoms with E-state index in [9.17, 15) is 13.6 Å². The van der Waals surface area contributed by atoms with E-state index >= 15 is 0 Å². The van der Waals surface area contributed by atoms with Gasteiger partial charge in [-0.3, -0.25) is 4.79 Å². The number of ether oxygens (including phenoxy) is 2. The maximum absolute atomic E-state index is 14.0. The van der Waals surface area contributed by atoms with Crippen molar-refractivity contribution in [3.05, 3.63) is 28.2 Å². The van der Waals surface area contributed by atoms with E-state index < -0.39 is 18.3 Å². The smallest absolute Gasteiger partial charge is 0.303 e. The molecule has 1 aromatic rings. The van der Waals surface area contributed by atoms with E-state index in [2.05, 4.69) is 15.9 Å². The van der Waals surface area contributed by atoms with Gasteiger partial charge in [-0.25, -0.2) is 8.78 Å². The second-order valence-electron chi connectivity index (χ2n) is 4.44. The van der Waals surface area contributed by atoms with Crippen LogP contribution in [0.2, 0.25) is 0 Å². The minimum Gasteiger partial charge on any atom is -0.490 e. The molecule has 0 bridgehead atoms. The lowest BCUT2D eigenvalue weighted by Gasteiger charge is -2.17. The Labute approximate surface area is 130 Å². The minimum absolute atomic E-state index is 0.0773. The van der Waals surface area contributed by atoms with Crippen molar-refractivity contribution in [3.8, 4) is 5.75 Å². The number of rotatable bonds is 9. The molecule has 0 aromatic heterocycles. The van der Waals surface area contributed by atoms with Gasteiger partial charge in [-0.05, 0) is 40.5 Å². The third-order valence-corrected chi connectivity index (χ3v) is 3.40. The Morgan fingerprint density at radius 3 is 2.67 bits per heavy atom. The van der Waals surface area contributed by atoms with Crippen molar-refractivity contribution in [2.75, 3.05) is 20.3 Å². The number of methoxy groups -OCH3 is 1. The van der Waals surface area contributed by atoms with Crippen LogP contribution in [0.5, 0.6) is 5.75 Å². The third kappa shape index (κ3) is 5.97. The molecule has 1 aromatic carbocycles. The number of carbonyl (C=O) groups is 1. The van der Waals surface area contributed by atoms with E-state index in [-0.39, 0.29) is 18.4 Å². The molecule has 0 atom stereocenters. The number of carboxylic acids is 1. The van der Waals surface area contributed by atoms with Gasteiger partial charge >= 0.3 is 5.97 Å². The van der Waals surface area contributed by atoms with Crippen molar-refractivity contribution in [3.63, 3.8) is 0 Å². The molecule has 0 radical (unpaired) electrons. The highest BCUT2D eigenvalue weighted by molar-refractivity contribution is 9.10. The summed E-state index contributed by atoms with van der Waals surface area (Å²) in [6.07, 6.45) is -0.851. The molecule has 0 aliphatic heterocycles. The lowest BCUT2D eigenvalue weighted by Crippen LogP contribution is -2.14. The Morgan fingerprint density at radius 1 is 1.38 bits per heavy atom. The molecule has 0 unspecified atom stereocenters. The average molecular weight is 367 g/mol. The summed E-state index contributed by atoms with van der Waals surface area (Å²) in [6.45, 7) is 0.725. The largest absolute Gasteiger partial charge is 0.490 e. The number of halogens is 3. The molecule has 0 fully saturated rings. The molecule has 21 heavy (non-hydrogen) atoms. The molecule has 0 saturated heterocycles. The topological polar surface area (TPSA) is 55.8 Å². The van der Waals surface area contributed by atoms with Crippen LogP contribution in [0.25, 0.3) is 0 Å². The number of alkyl halides is 2. The standard InChI is InChI=1S/C14H17BrF2O4/c1-20-7-8-21-12-5-4-10(9-11(12)15)14(16,17)6-2-3-13(18)19/h4-5,9H,2-3,6-8H2,1H3,(H,18,19). The maximum Gasteiger partial charge on any atom is 0.303 e. The highest BCUT2D eigenvalue weighted by Crippen LogP contribution is 2.37. The van der Waals surface area contributed by atoms with E-state index in [1.807, 2.05) is 0 Å². The predicted molar refractivity (Wildman–Crippen MR) is 76.9 cm³/mol. The van der Waals surface area contributed by atoms with E-state index in [4.69, 9.17) is 14.6 Å². The van der Waals surface area contributed by atoms with Crippen LogP contribution >= 0.6 is 15.9 Å². The van der Waals surface area contributed by atoms with Gasteiger partial charge in [0.15, 0.2) is 0 Å². The van der Waals surface area contributed by atoms with Gasteiger partial charge in [0.05, 0.1) is 11.1 Å². The first-order valence-electron chi connectivity index (χ1n) is 6.38. The molecule has 1 N–H and O–H groups in total. The summed E-state index contributed by atoms with van der Waals surface area (Å²) in [6, 6.07) is 4.04. The van der Waals surface area contributed by atoms with Crippen LogP contribution in [0.3, 0.4) is 0 Å². The van der Waals surface area contributed by atoms with Crippen LogP contribution in [0, 0.1) is 0 Å². The molecular weight excluding hydrogens is 350 g/mol. The second-order valence-corrected chi connectivity index (χ2v) is 5.29. The Bertz CT molecular complexity index is 480. The Hall–Kier alpha value is -1.21. The molecule has 4 nitrogen and oxygen atoms in total. The summed E-state index contributed by atoms with van der Waals surface area (Å²) in [5.41, 5.74) is -0.168. The zero-order valence-electron chi connectivity index (χ0n) is 11.6. The van der Waals surface area contributed by atoms with E-state index in [1.165, 1.54) is 18.2 Å². The molecule has 118 valence electrons. The van der Waals surface area contributed by atoms with Crippen LogP contribution in [-0.2, 0) is 15.5 Å². The molecule has 0 saturated carbocycles. The van der Waals surface area contributed by atoms with Crippen LogP contribution < -0.4 is 4.74 Å². The zero-order valence-corrected chi connectivity index (χ0v) is 13.2. The van der Waals surface area contributed by atoms with Crippen LogP contribution in [0.15, 0.2) is 22.7 Å². The van der Waals surface area contributed by atoms with Crippen LogP contribution in [0.4, 0.5) is 8.78 Å². The molecule has 0 heterocycles. The summed E-state index contributed by atoms with van der Waals surface area (Å²) >= 11 is 3.19. The van der Waals surface area contributed by atoms with E-state index in [0.717, 1.165) is 0 Å². The SMILES string of the molecule is COCCOc1ccc(C(F)(F)CCCC(=O)O)cc1Br. The van der Waals surface area contributed by atoms with Gasteiger partial charge < -0.3 is 14.6 Å². The van der Waals surface area contributed by atoms with Crippen molar-refractivity contribution in [2.24, 2.45) is 0 Å². The van der Waals surface area contributed by atoms with E-state index in [0.29, 0.717) is 23.4 Å². The molecule has 0 spiro atoms. The fourth-order valence-corrected chi connectivity index (χ4v) is 2.18. The number of carboxylic acid groups (broad SMARTS) is 1. The van der Waals surface area contributed by atoms with Crippen molar-refractivity contribution in [1.29, 1.82) is 0 Å². The first-order valence-corrected chi connectivity index (χ1v) is 7.17. The highest BCUT2D eigenvalue weighted by atomic mass is 79.9. The summed E-state index contributed by atoms with van der Waals surface area (Å²) in [5, 5.41) is 8.49. The van der Waals surface area contributed by atoms with Crippen LogP contribution in [-0.4, -0.2) is 31.4 Å². The van der Waals surface area contributed by atoms with Gasteiger partial charge in [-0.15, -0.1) is 0 Å². The van der Waals surface area contributed by atoms with Gasteiger partial charge in [0.1, 0.15) is 12.4 Å². The van der Waals surface area contributed by atoms with Crippen molar-refractivity contribution < 1.29 is 28.2 Å². The number of aliphatic carboxylic acids is 1. The molecule has 7 heteroatoms. The third-order valence-electron chi connectivity index (χ3n) is 2.78. The zero-order chi connectivity index (χ0) is 15.9. The Morgan fingerprint density at radius 2 is 2.10 bits per heavy atom. The second kappa shape index (κ2) is 8.29. The van der Waals surface area contributed by atoms with E-state index in [1.54, 1.807) is 7.11 Å². The summed E-state index contributed by atoms with van der Waals surface area (Å²) in [5.74, 6) is -3.69. The van der Waals surface area contributed by atoms with Gasteiger partial charge in [0.2, 0.25) is 0 Å². The fourth-order valence-electron chi connectivity index (χ4n) is 1.69. The van der Waals surface area contributed by atoms with Crippen LogP contribution in [0.1, 0.15) is 24.8 Å². The van der Waals surface area contributed by atoms with Crippen molar-refractivity contribution in [1.82, 2.24) is 0 Å². The molecule has 1 rings (SSSR count). The average Bonchev–Trinajstić information content (AvgIpc) is 2.40. The number of hydrogen-bond donors (Lipinski definition) is 1. The van der Waals surface area contributed by atoms with Gasteiger partial charge in [-0.1, -0.05) is 0 Å². The molecule has 0 aliphatic carbocycles. The lowest BCUT2D eigenvalue weighted by atomic mass is 10.0. The van der Waals surface area contributed by atoms with Gasteiger partial charge in [0.25, 0.3) is 5.92 Å². The monoisotopic (exact) mass is 366 g/mol. The van der Waals surface area contributed by atoms with Crippen molar-refractivity contribution >= 4 is 21.9 Å². The first-order chi connectivity index (χ1) is 9.86. The molecule has 0 aliphatic rings. The highest BCUT2D eigenvalue weighted by Gasteiger charge is 2.31. The van der Waals surface area contributed by atoms with Gasteiger partial charge in [-0.2, -0.15) is 0 Å². The number of hydrogen-bond acceptors (Lipinski definition) is 3. The Balaban J connectivity index is 2.69. The first kappa shape index (κ1) is 17.8. The fraction of sp³-hybridized carbons (Fsp3) is 0.500. The van der Waals surface area contributed by atoms with Gasteiger partial charge in [0, 0.05) is 25.5 Å². The summed E-state index contributed by atoms with van der Waals surface area (Å²) < 4.78 is 38.5. The maximum atomic E-state index is 14.0. The molecular formula is C14H17BrF2O4. The summed E-state index contributed by atoms with van der Waals surface area (Å²) in [7, 11) is 1.54. The number of benzene rings is 1. The van der Waals surface area contributed by atoms with Crippen molar-refractivity contribution in [2.45, 2.75) is 25.2 Å². The lowest BCUT2D eigenvalue weighted by molar-refractivity contribution is -0.137. The quantitative estimate of drug-likeness (QED) is 0.675. The predicted octanol–water partition coefficient (Wildman–Crippen LogP) is 3.82. The summed E-state index contributed by atoms with van der Waals surface area (Å²) in [4.78, 5) is 10.4. The normalized spacial score (nSPS) is 11.4. The Kier molecular flexibility index (Phi) is 7.04. The molecule has 0 amide bonds. The minimum atomic E-state index is -3.07.